The van der Waals surface area contributed by atoms with E-state index in [4.69, 9.17) is 11.6 Å². The fourth-order valence-electron chi connectivity index (χ4n) is 3.20. The number of thioether (sulfide) groups is 1. The molecule has 0 aliphatic rings. The molecule has 6 nitrogen and oxygen atoms in total. The van der Waals surface area contributed by atoms with Crippen LogP contribution in [0.2, 0.25) is 5.02 Å². The number of aromatic nitrogens is 4. The number of hydrogen-bond acceptors (Lipinski definition) is 5. The molecule has 0 saturated carbocycles. The fraction of sp³-hybridized carbons (Fsp3) is 0.182. The highest BCUT2D eigenvalue weighted by Crippen LogP contribution is 2.21. The van der Waals surface area contributed by atoms with Crippen LogP contribution in [0.3, 0.4) is 0 Å². The first kappa shape index (κ1) is 20.4. The van der Waals surface area contributed by atoms with Gasteiger partial charge in [-0.1, -0.05) is 59.8 Å². The number of fused-ring (bicyclic) bond motifs is 1. The van der Waals surface area contributed by atoms with Gasteiger partial charge < -0.3 is 5.32 Å². The maximum absolute atomic E-state index is 12.2. The lowest BCUT2D eigenvalue weighted by molar-refractivity contribution is -0.113. The second-order valence-electron chi connectivity index (χ2n) is 6.88. The average Bonchev–Trinajstić information content (AvgIpc) is 3.13. The molecule has 0 bridgehead atoms. The van der Waals surface area contributed by atoms with E-state index in [-0.39, 0.29) is 11.7 Å². The number of anilines is 1. The third-order valence-electron chi connectivity index (χ3n) is 4.69. The summed E-state index contributed by atoms with van der Waals surface area (Å²) in [7, 11) is 0. The van der Waals surface area contributed by atoms with Crippen molar-refractivity contribution in [3.63, 3.8) is 0 Å². The summed E-state index contributed by atoms with van der Waals surface area (Å²) in [4.78, 5) is 21.3. The molecule has 0 saturated heterocycles. The molecular formula is C22H20ClN5OS. The number of nitrogens with one attached hydrogen (secondary N) is 1. The van der Waals surface area contributed by atoms with Gasteiger partial charge in [-0.3, -0.25) is 4.79 Å². The third kappa shape index (κ3) is 4.63. The molecule has 1 amide bonds. The van der Waals surface area contributed by atoms with E-state index >= 15 is 0 Å². The van der Waals surface area contributed by atoms with Crippen LogP contribution >= 0.6 is 23.4 Å². The molecule has 0 aliphatic carbocycles. The first-order chi connectivity index (χ1) is 14.5. The summed E-state index contributed by atoms with van der Waals surface area (Å²) in [6.45, 7) is 4.01. The number of nitrogens with zero attached hydrogens (tertiary/aromatic N) is 4. The van der Waals surface area contributed by atoms with Crippen molar-refractivity contribution in [1.29, 1.82) is 0 Å². The Labute approximate surface area is 183 Å². The Balaban J connectivity index is 1.49. The predicted octanol–water partition coefficient (Wildman–Crippen LogP) is 4.72. The summed E-state index contributed by atoms with van der Waals surface area (Å²) in [5.41, 5.74) is 4.96. The van der Waals surface area contributed by atoms with Crippen molar-refractivity contribution in [2.45, 2.75) is 25.4 Å². The van der Waals surface area contributed by atoms with Crippen molar-refractivity contribution >= 4 is 40.7 Å². The van der Waals surface area contributed by atoms with Crippen molar-refractivity contribution in [2.24, 2.45) is 0 Å². The molecule has 0 fully saturated rings. The highest BCUT2D eigenvalue weighted by atomic mass is 35.5. The monoisotopic (exact) mass is 437 g/mol. The van der Waals surface area contributed by atoms with Crippen molar-refractivity contribution in [1.82, 2.24) is 19.6 Å². The van der Waals surface area contributed by atoms with Crippen LogP contribution in [-0.2, 0) is 11.2 Å². The first-order valence-electron chi connectivity index (χ1n) is 9.44. The summed E-state index contributed by atoms with van der Waals surface area (Å²) in [6, 6.07) is 17.3. The number of aryl methyl sites for hydroxylation is 2. The Morgan fingerprint density at radius 1 is 1.10 bits per heavy atom. The van der Waals surface area contributed by atoms with Crippen LogP contribution in [0.25, 0.3) is 5.78 Å². The molecule has 0 aliphatic heterocycles. The second kappa shape index (κ2) is 8.85. The molecule has 4 rings (SSSR count). The minimum atomic E-state index is -0.147. The Bertz CT molecular complexity index is 1210. The summed E-state index contributed by atoms with van der Waals surface area (Å²) in [6.07, 6.45) is 0.784. The maximum Gasteiger partial charge on any atom is 0.253 e. The zero-order chi connectivity index (χ0) is 21.1. The van der Waals surface area contributed by atoms with E-state index in [1.807, 2.05) is 32.0 Å². The largest absolute Gasteiger partial charge is 0.325 e. The summed E-state index contributed by atoms with van der Waals surface area (Å²) in [5.74, 6) is 0.587. The van der Waals surface area contributed by atoms with E-state index in [1.165, 1.54) is 17.3 Å². The molecule has 1 N–H and O–H groups in total. The standard InChI is InChI=1S/C22H20ClN5OS/c1-14-19(11-16-7-4-3-5-8-16)15(2)28-21(24-14)26-22(27-28)30-13-20(29)25-18-10-6-9-17(23)12-18/h3-10,12H,11,13H2,1-2H3,(H,25,29). The van der Waals surface area contributed by atoms with Gasteiger partial charge in [-0.15, -0.1) is 5.10 Å². The van der Waals surface area contributed by atoms with Gasteiger partial charge in [0.15, 0.2) is 0 Å². The van der Waals surface area contributed by atoms with Crippen molar-refractivity contribution in [3.05, 3.63) is 82.1 Å². The van der Waals surface area contributed by atoms with E-state index in [2.05, 4.69) is 32.5 Å². The van der Waals surface area contributed by atoms with Crippen LogP contribution in [-0.4, -0.2) is 31.2 Å². The molecule has 0 unspecified atom stereocenters. The lowest BCUT2D eigenvalue weighted by Crippen LogP contribution is -2.14. The molecule has 4 aromatic rings. The van der Waals surface area contributed by atoms with Gasteiger partial charge in [-0.05, 0) is 43.2 Å². The molecule has 0 atom stereocenters. The van der Waals surface area contributed by atoms with Crippen LogP contribution in [0.4, 0.5) is 5.69 Å². The smallest absolute Gasteiger partial charge is 0.253 e. The summed E-state index contributed by atoms with van der Waals surface area (Å²) < 4.78 is 1.75. The quantitative estimate of drug-likeness (QED) is 0.442. The highest BCUT2D eigenvalue weighted by molar-refractivity contribution is 7.99. The zero-order valence-electron chi connectivity index (χ0n) is 16.6. The zero-order valence-corrected chi connectivity index (χ0v) is 18.2. The number of halogens is 1. The SMILES string of the molecule is Cc1nc2nc(SCC(=O)Nc3cccc(Cl)c3)nn2c(C)c1Cc1ccccc1. The van der Waals surface area contributed by atoms with Gasteiger partial charge in [0.1, 0.15) is 0 Å². The highest BCUT2D eigenvalue weighted by Gasteiger charge is 2.15. The van der Waals surface area contributed by atoms with Gasteiger partial charge in [0.05, 0.1) is 5.75 Å². The molecule has 2 aromatic carbocycles. The Morgan fingerprint density at radius 3 is 2.67 bits per heavy atom. The van der Waals surface area contributed by atoms with Gasteiger partial charge in [0, 0.05) is 28.5 Å². The third-order valence-corrected chi connectivity index (χ3v) is 5.77. The minimum Gasteiger partial charge on any atom is -0.325 e. The van der Waals surface area contributed by atoms with E-state index in [9.17, 15) is 4.79 Å². The Morgan fingerprint density at radius 2 is 1.90 bits per heavy atom. The maximum atomic E-state index is 12.2. The molecular weight excluding hydrogens is 418 g/mol. The lowest BCUT2D eigenvalue weighted by Gasteiger charge is -2.10. The van der Waals surface area contributed by atoms with Crippen molar-refractivity contribution < 1.29 is 4.79 Å². The normalized spacial score (nSPS) is 11.0. The predicted molar refractivity (Wildman–Crippen MR) is 120 cm³/mol. The Kier molecular flexibility index (Phi) is 6.01. The molecule has 2 aromatic heterocycles. The summed E-state index contributed by atoms with van der Waals surface area (Å²) >= 11 is 7.23. The lowest BCUT2D eigenvalue weighted by atomic mass is 10.0. The number of benzene rings is 2. The van der Waals surface area contributed by atoms with Crippen LogP contribution in [0.5, 0.6) is 0 Å². The number of amides is 1. The van der Waals surface area contributed by atoms with E-state index in [0.717, 1.165) is 23.4 Å². The topological polar surface area (TPSA) is 72.2 Å². The van der Waals surface area contributed by atoms with Gasteiger partial charge in [0.25, 0.3) is 5.78 Å². The summed E-state index contributed by atoms with van der Waals surface area (Å²) in [5, 5.41) is 8.47. The van der Waals surface area contributed by atoms with Gasteiger partial charge in [-0.2, -0.15) is 4.98 Å². The molecule has 8 heteroatoms. The van der Waals surface area contributed by atoms with Gasteiger partial charge >= 0.3 is 0 Å². The number of rotatable bonds is 6. The molecule has 2 heterocycles. The number of carbonyl (C=O) groups excluding carboxylic acids is 1. The molecule has 152 valence electrons. The number of carbonyl (C=O) groups is 1. The second-order valence-corrected chi connectivity index (χ2v) is 8.26. The van der Waals surface area contributed by atoms with Crippen LogP contribution < -0.4 is 5.32 Å². The van der Waals surface area contributed by atoms with Gasteiger partial charge in [0.2, 0.25) is 11.1 Å². The first-order valence-corrected chi connectivity index (χ1v) is 10.8. The molecule has 30 heavy (non-hydrogen) atoms. The Hall–Kier alpha value is -2.90. The minimum absolute atomic E-state index is 0.147. The van der Waals surface area contributed by atoms with E-state index in [0.29, 0.717) is 21.6 Å². The van der Waals surface area contributed by atoms with Crippen LogP contribution in [0.1, 0.15) is 22.5 Å². The van der Waals surface area contributed by atoms with Crippen LogP contribution in [0, 0.1) is 13.8 Å². The van der Waals surface area contributed by atoms with E-state index < -0.39 is 0 Å². The van der Waals surface area contributed by atoms with E-state index in [1.54, 1.807) is 28.8 Å². The van der Waals surface area contributed by atoms with Crippen molar-refractivity contribution in [3.8, 4) is 0 Å². The van der Waals surface area contributed by atoms with Crippen LogP contribution in [0.15, 0.2) is 59.8 Å². The van der Waals surface area contributed by atoms with Gasteiger partial charge in [-0.25, -0.2) is 9.50 Å². The average molecular weight is 438 g/mol. The number of hydrogen-bond donors (Lipinski definition) is 1. The van der Waals surface area contributed by atoms with Crippen molar-refractivity contribution in [2.75, 3.05) is 11.1 Å². The molecule has 0 spiro atoms. The fourth-order valence-corrected chi connectivity index (χ4v) is 4.01. The molecule has 0 radical (unpaired) electrons.